The van der Waals surface area contributed by atoms with Gasteiger partial charge < -0.3 is 9.47 Å². The Morgan fingerprint density at radius 3 is 2.96 bits per heavy atom. The summed E-state index contributed by atoms with van der Waals surface area (Å²) in [6.07, 6.45) is 4.57. The molecule has 27 heavy (non-hydrogen) atoms. The highest BCUT2D eigenvalue weighted by Gasteiger charge is 2.08. The summed E-state index contributed by atoms with van der Waals surface area (Å²) in [7, 11) is 0. The van der Waals surface area contributed by atoms with Crippen LogP contribution in [0.1, 0.15) is 37.6 Å². The zero-order valence-electron chi connectivity index (χ0n) is 15.9. The second-order valence-electron chi connectivity index (χ2n) is 6.02. The van der Waals surface area contributed by atoms with Crippen LogP contribution in [0.4, 0.5) is 5.13 Å². The molecule has 1 aromatic heterocycles. The van der Waals surface area contributed by atoms with E-state index in [1.54, 1.807) is 13.1 Å². The van der Waals surface area contributed by atoms with Crippen molar-refractivity contribution >= 4 is 28.7 Å². The van der Waals surface area contributed by atoms with Crippen LogP contribution in [0.15, 0.2) is 41.3 Å². The number of nitrogens with zero attached hydrogens (tertiary/aromatic N) is 2. The average Bonchev–Trinajstić information content (AvgIpc) is 3.04. The Kier molecular flexibility index (Phi) is 8.00. The fourth-order valence-corrected chi connectivity index (χ4v) is 2.98. The number of carbonyl (C=O) groups excluding carboxylic acids is 1. The van der Waals surface area contributed by atoms with E-state index in [0.717, 1.165) is 23.3 Å². The summed E-state index contributed by atoms with van der Waals surface area (Å²) in [5.74, 6) is 0.579. The number of aromatic nitrogens is 1. The average molecular weight is 388 g/mol. The molecule has 0 radical (unpaired) electrons. The SMILES string of the molecule is C=CCc1cc(C=NNc2nc(CC(=O)OCC)cs2)ccc1OC(C)C. The predicted molar refractivity (Wildman–Crippen MR) is 110 cm³/mol. The van der Waals surface area contributed by atoms with Crippen LogP contribution in [-0.2, 0) is 22.4 Å². The van der Waals surface area contributed by atoms with Crippen LogP contribution in [0.5, 0.6) is 5.75 Å². The molecule has 1 heterocycles. The first-order valence-electron chi connectivity index (χ1n) is 8.81. The van der Waals surface area contributed by atoms with Crippen molar-refractivity contribution < 1.29 is 14.3 Å². The molecule has 0 aliphatic heterocycles. The maximum absolute atomic E-state index is 11.5. The van der Waals surface area contributed by atoms with Crippen molar-refractivity contribution in [2.75, 3.05) is 12.0 Å². The van der Waals surface area contributed by atoms with Gasteiger partial charge in [0.1, 0.15) is 5.75 Å². The molecule has 0 atom stereocenters. The Labute approximate surface area is 163 Å². The van der Waals surface area contributed by atoms with Gasteiger partial charge >= 0.3 is 5.97 Å². The fourth-order valence-electron chi connectivity index (χ4n) is 2.33. The lowest BCUT2D eigenvalue weighted by Gasteiger charge is -2.14. The summed E-state index contributed by atoms with van der Waals surface area (Å²) in [6.45, 7) is 9.95. The lowest BCUT2D eigenvalue weighted by Crippen LogP contribution is -2.07. The molecule has 2 rings (SSSR count). The lowest BCUT2D eigenvalue weighted by molar-refractivity contribution is -0.142. The molecule has 7 heteroatoms. The van der Waals surface area contributed by atoms with Crippen LogP contribution >= 0.6 is 11.3 Å². The van der Waals surface area contributed by atoms with E-state index in [1.165, 1.54) is 11.3 Å². The summed E-state index contributed by atoms with van der Waals surface area (Å²) >= 11 is 1.39. The van der Waals surface area contributed by atoms with Gasteiger partial charge in [0, 0.05) is 5.38 Å². The maximum Gasteiger partial charge on any atom is 0.311 e. The van der Waals surface area contributed by atoms with E-state index in [4.69, 9.17) is 9.47 Å². The zero-order chi connectivity index (χ0) is 19.6. The Hall–Kier alpha value is -2.67. The minimum absolute atomic E-state index is 0.114. The molecule has 1 N–H and O–H groups in total. The molecule has 0 spiro atoms. The van der Waals surface area contributed by atoms with E-state index in [0.29, 0.717) is 17.4 Å². The number of benzene rings is 1. The topological polar surface area (TPSA) is 72.8 Å². The van der Waals surface area contributed by atoms with Crippen molar-refractivity contribution in [3.8, 4) is 5.75 Å². The van der Waals surface area contributed by atoms with Gasteiger partial charge in [0.05, 0.1) is 31.0 Å². The minimum atomic E-state index is -0.281. The molecule has 1 aromatic carbocycles. The van der Waals surface area contributed by atoms with Crippen LogP contribution in [0, 0.1) is 0 Å². The second kappa shape index (κ2) is 10.5. The van der Waals surface area contributed by atoms with E-state index in [2.05, 4.69) is 22.1 Å². The van der Waals surface area contributed by atoms with Crippen molar-refractivity contribution in [3.63, 3.8) is 0 Å². The number of rotatable bonds is 10. The van der Waals surface area contributed by atoms with Gasteiger partial charge in [0.25, 0.3) is 0 Å². The van der Waals surface area contributed by atoms with Gasteiger partial charge in [-0.05, 0) is 56.5 Å². The smallest absolute Gasteiger partial charge is 0.311 e. The van der Waals surface area contributed by atoms with E-state index in [-0.39, 0.29) is 18.5 Å². The summed E-state index contributed by atoms with van der Waals surface area (Å²) in [5.41, 5.74) is 5.56. The van der Waals surface area contributed by atoms with E-state index >= 15 is 0 Å². The van der Waals surface area contributed by atoms with Gasteiger partial charge in [-0.25, -0.2) is 4.98 Å². The molecule has 2 aromatic rings. The third-order valence-electron chi connectivity index (χ3n) is 3.37. The van der Waals surface area contributed by atoms with Gasteiger partial charge in [0.15, 0.2) is 0 Å². The molecule has 0 aliphatic carbocycles. The van der Waals surface area contributed by atoms with E-state index in [1.807, 2.05) is 43.5 Å². The molecule has 0 amide bonds. The number of anilines is 1. The summed E-state index contributed by atoms with van der Waals surface area (Å²) in [6, 6.07) is 5.92. The summed E-state index contributed by atoms with van der Waals surface area (Å²) in [4.78, 5) is 15.8. The number of nitrogens with one attached hydrogen (secondary N) is 1. The number of allylic oxidation sites excluding steroid dienone is 1. The normalized spacial score (nSPS) is 11.0. The van der Waals surface area contributed by atoms with Crippen molar-refractivity contribution in [2.24, 2.45) is 5.10 Å². The highest BCUT2D eigenvalue weighted by Crippen LogP contribution is 2.22. The highest BCUT2D eigenvalue weighted by atomic mass is 32.1. The molecule has 0 saturated carbocycles. The third-order valence-corrected chi connectivity index (χ3v) is 4.16. The number of hydrogen-bond acceptors (Lipinski definition) is 7. The van der Waals surface area contributed by atoms with Crippen LogP contribution in [-0.4, -0.2) is 29.9 Å². The van der Waals surface area contributed by atoms with E-state index < -0.39 is 0 Å². The molecule has 0 aliphatic rings. The van der Waals surface area contributed by atoms with Crippen LogP contribution in [0.3, 0.4) is 0 Å². The molecule has 0 unspecified atom stereocenters. The van der Waals surface area contributed by atoms with Crippen molar-refractivity contribution in [1.82, 2.24) is 4.98 Å². The number of thiazole rings is 1. The Balaban J connectivity index is 1.99. The lowest BCUT2D eigenvalue weighted by atomic mass is 10.1. The molecular formula is C20H25N3O3S. The predicted octanol–water partition coefficient (Wildman–Crippen LogP) is 4.21. The molecule has 144 valence electrons. The third kappa shape index (κ3) is 6.86. The number of carbonyl (C=O) groups is 1. The van der Waals surface area contributed by atoms with Gasteiger partial charge in [0.2, 0.25) is 5.13 Å². The highest BCUT2D eigenvalue weighted by molar-refractivity contribution is 7.13. The first-order valence-corrected chi connectivity index (χ1v) is 9.69. The zero-order valence-corrected chi connectivity index (χ0v) is 16.7. The van der Waals surface area contributed by atoms with Crippen LogP contribution in [0.2, 0.25) is 0 Å². The van der Waals surface area contributed by atoms with Crippen molar-refractivity contribution in [1.29, 1.82) is 0 Å². The summed E-state index contributed by atoms with van der Waals surface area (Å²) in [5, 5.41) is 6.66. The van der Waals surface area contributed by atoms with Crippen LogP contribution in [0.25, 0.3) is 0 Å². The summed E-state index contributed by atoms with van der Waals surface area (Å²) < 4.78 is 10.7. The molecule has 0 fully saturated rings. The van der Waals surface area contributed by atoms with Gasteiger partial charge in [-0.1, -0.05) is 6.08 Å². The number of hydrazone groups is 1. The second-order valence-corrected chi connectivity index (χ2v) is 6.88. The largest absolute Gasteiger partial charge is 0.491 e. The minimum Gasteiger partial charge on any atom is -0.491 e. The van der Waals surface area contributed by atoms with Gasteiger partial charge in [-0.2, -0.15) is 5.10 Å². The Bertz CT molecular complexity index is 800. The van der Waals surface area contributed by atoms with Gasteiger partial charge in [-0.3, -0.25) is 10.2 Å². The van der Waals surface area contributed by atoms with Crippen LogP contribution < -0.4 is 10.2 Å². The first-order chi connectivity index (χ1) is 13.0. The first kappa shape index (κ1) is 20.6. The standard InChI is InChI=1S/C20H25N3O3S/c1-5-7-16-10-15(8-9-18(16)26-14(3)4)12-21-23-20-22-17(13-27-20)11-19(24)25-6-2/h5,8-10,12-14H,1,6-7,11H2,2-4H3,(H,22,23). The number of hydrogen-bond donors (Lipinski definition) is 1. The monoisotopic (exact) mass is 387 g/mol. The fraction of sp³-hybridized carbons (Fsp3) is 0.350. The Morgan fingerprint density at radius 2 is 2.26 bits per heavy atom. The molecular weight excluding hydrogens is 362 g/mol. The van der Waals surface area contributed by atoms with E-state index in [9.17, 15) is 4.79 Å². The molecule has 6 nitrogen and oxygen atoms in total. The van der Waals surface area contributed by atoms with Crippen molar-refractivity contribution in [3.05, 3.63) is 53.1 Å². The number of ether oxygens (including phenoxy) is 2. The van der Waals surface area contributed by atoms with Crippen molar-refractivity contribution in [2.45, 2.75) is 39.7 Å². The molecule has 0 saturated heterocycles. The quantitative estimate of drug-likeness (QED) is 0.286. The number of esters is 1. The Morgan fingerprint density at radius 1 is 1.44 bits per heavy atom. The maximum atomic E-state index is 11.5. The van der Waals surface area contributed by atoms with Gasteiger partial charge in [-0.15, -0.1) is 17.9 Å². The molecule has 0 bridgehead atoms.